The number of hydrogen-bond donors (Lipinski definition) is 0. The zero-order valence-corrected chi connectivity index (χ0v) is 8.80. The number of aromatic nitrogens is 2. The predicted molar refractivity (Wildman–Crippen MR) is 57.5 cm³/mol. The summed E-state index contributed by atoms with van der Waals surface area (Å²) in [6.07, 6.45) is 2.95. The Hall–Kier alpha value is -2.48. The van der Waals surface area contributed by atoms with Crippen molar-refractivity contribution in [2.75, 3.05) is 0 Å². The van der Waals surface area contributed by atoms with Crippen molar-refractivity contribution in [3.63, 3.8) is 0 Å². The molecule has 4 nitrogen and oxygen atoms in total. The number of rotatable bonds is 3. The van der Waals surface area contributed by atoms with Gasteiger partial charge in [0.25, 0.3) is 0 Å². The van der Waals surface area contributed by atoms with Crippen LogP contribution in [-0.2, 0) is 6.61 Å². The first-order chi connectivity index (χ1) is 8.29. The first kappa shape index (κ1) is 11.0. The molecule has 2 rings (SSSR count). The van der Waals surface area contributed by atoms with Crippen LogP contribution >= 0.6 is 0 Å². The van der Waals surface area contributed by atoms with Gasteiger partial charge >= 0.3 is 0 Å². The number of pyridine rings is 2. The van der Waals surface area contributed by atoms with Crippen LogP contribution in [0.5, 0.6) is 5.75 Å². The monoisotopic (exact) mass is 229 g/mol. The third-order valence-electron chi connectivity index (χ3n) is 2.05. The van der Waals surface area contributed by atoms with Crippen LogP contribution < -0.4 is 4.74 Å². The van der Waals surface area contributed by atoms with Crippen LogP contribution in [0.2, 0.25) is 0 Å². The summed E-state index contributed by atoms with van der Waals surface area (Å²) < 4.78 is 18.2. The van der Waals surface area contributed by atoms with Crippen molar-refractivity contribution in [2.24, 2.45) is 0 Å². The van der Waals surface area contributed by atoms with E-state index in [4.69, 9.17) is 10.00 Å². The van der Waals surface area contributed by atoms with Crippen LogP contribution in [0.15, 0.2) is 36.7 Å². The SMILES string of the molecule is N#Cc1ccncc1OCc1cccc(F)n1. The van der Waals surface area contributed by atoms with Crippen LogP contribution in [0.3, 0.4) is 0 Å². The van der Waals surface area contributed by atoms with E-state index in [-0.39, 0.29) is 6.61 Å². The lowest BCUT2D eigenvalue weighted by Gasteiger charge is -2.06. The minimum Gasteiger partial charge on any atom is -0.484 e. The minimum atomic E-state index is -0.558. The van der Waals surface area contributed by atoms with E-state index in [2.05, 4.69) is 9.97 Å². The molecule has 2 aromatic heterocycles. The van der Waals surface area contributed by atoms with Gasteiger partial charge in [0.15, 0.2) is 5.75 Å². The zero-order valence-electron chi connectivity index (χ0n) is 8.80. The van der Waals surface area contributed by atoms with E-state index in [1.165, 1.54) is 18.5 Å². The van der Waals surface area contributed by atoms with Gasteiger partial charge in [-0.3, -0.25) is 4.98 Å². The van der Waals surface area contributed by atoms with Gasteiger partial charge in [0.1, 0.15) is 12.7 Å². The Kier molecular flexibility index (Phi) is 3.26. The van der Waals surface area contributed by atoms with Crippen molar-refractivity contribution in [3.05, 3.63) is 53.9 Å². The van der Waals surface area contributed by atoms with E-state index >= 15 is 0 Å². The van der Waals surface area contributed by atoms with Gasteiger partial charge in [-0.1, -0.05) is 6.07 Å². The number of hydrogen-bond acceptors (Lipinski definition) is 4. The molecule has 0 aliphatic carbocycles. The highest BCUT2D eigenvalue weighted by Gasteiger charge is 2.04. The second-order valence-corrected chi connectivity index (χ2v) is 3.22. The Labute approximate surface area is 97.3 Å². The maximum Gasteiger partial charge on any atom is 0.213 e. The molecule has 0 aliphatic rings. The summed E-state index contributed by atoms with van der Waals surface area (Å²) in [6, 6.07) is 7.99. The molecule has 0 aromatic carbocycles. The van der Waals surface area contributed by atoms with Crippen molar-refractivity contribution in [1.82, 2.24) is 9.97 Å². The summed E-state index contributed by atoms with van der Waals surface area (Å²) in [5, 5.41) is 8.83. The molecule has 2 aromatic rings. The average Bonchev–Trinajstić information content (AvgIpc) is 2.37. The fourth-order valence-corrected chi connectivity index (χ4v) is 1.27. The lowest BCUT2D eigenvalue weighted by atomic mass is 10.3. The first-order valence-electron chi connectivity index (χ1n) is 4.88. The highest BCUT2D eigenvalue weighted by molar-refractivity contribution is 5.40. The molecule has 5 heteroatoms. The van der Waals surface area contributed by atoms with E-state index in [1.54, 1.807) is 18.2 Å². The zero-order chi connectivity index (χ0) is 12.1. The van der Waals surface area contributed by atoms with Gasteiger partial charge in [0.05, 0.1) is 17.5 Å². The molecular weight excluding hydrogens is 221 g/mol. The Balaban J connectivity index is 2.10. The second-order valence-electron chi connectivity index (χ2n) is 3.22. The van der Waals surface area contributed by atoms with Crippen LogP contribution in [0.25, 0.3) is 0 Å². The van der Waals surface area contributed by atoms with Crippen LogP contribution in [0.1, 0.15) is 11.3 Å². The molecule has 0 saturated carbocycles. The summed E-state index contributed by atoms with van der Waals surface area (Å²) in [5.74, 6) is -0.196. The van der Waals surface area contributed by atoms with Gasteiger partial charge in [-0.25, -0.2) is 4.98 Å². The molecule has 0 spiro atoms. The van der Waals surface area contributed by atoms with Crippen molar-refractivity contribution in [1.29, 1.82) is 5.26 Å². The number of ether oxygens (including phenoxy) is 1. The van der Waals surface area contributed by atoms with Crippen molar-refractivity contribution < 1.29 is 9.13 Å². The van der Waals surface area contributed by atoms with Crippen LogP contribution in [-0.4, -0.2) is 9.97 Å². The van der Waals surface area contributed by atoms with Gasteiger partial charge < -0.3 is 4.74 Å². The minimum absolute atomic E-state index is 0.0954. The van der Waals surface area contributed by atoms with Gasteiger partial charge in [0, 0.05) is 6.20 Å². The average molecular weight is 229 g/mol. The molecule has 2 heterocycles. The number of halogens is 1. The van der Waals surface area contributed by atoms with E-state index in [0.717, 1.165) is 0 Å². The van der Waals surface area contributed by atoms with Gasteiger partial charge in [-0.2, -0.15) is 9.65 Å². The summed E-state index contributed by atoms with van der Waals surface area (Å²) >= 11 is 0. The second kappa shape index (κ2) is 5.03. The molecule has 0 unspecified atom stereocenters. The van der Waals surface area contributed by atoms with Crippen molar-refractivity contribution in [2.45, 2.75) is 6.61 Å². The lowest BCUT2D eigenvalue weighted by Crippen LogP contribution is -2.00. The van der Waals surface area contributed by atoms with Crippen LogP contribution in [0, 0.1) is 17.3 Å². The van der Waals surface area contributed by atoms with E-state index in [1.807, 2.05) is 6.07 Å². The van der Waals surface area contributed by atoms with E-state index in [0.29, 0.717) is 17.0 Å². The highest BCUT2D eigenvalue weighted by atomic mass is 19.1. The third-order valence-corrected chi connectivity index (χ3v) is 2.05. The maximum atomic E-state index is 12.8. The Morgan fingerprint density at radius 1 is 1.35 bits per heavy atom. The van der Waals surface area contributed by atoms with E-state index < -0.39 is 5.95 Å². The van der Waals surface area contributed by atoms with Crippen molar-refractivity contribution >= 4 is 0 Å². The largest absolute Gasteiger partial charge is 0.484 e. The predicted octanol–water partition coefficient (Wildman–Crippen LogP) is 2.07. The standard InChI is InChI=1S/C12H8FN3O/c13-12-3-1-2-10(16-12)8-17-11-7-15-5-4-9(11)6-14/h1-5,7H,8H2. The smallest absolute Gasteiger partial charge is 0.213 e. The molecule has 0 bridgehead atoms. The van der Waals surface area contributed by atoms with Gasteiger partial charge in [0.2, 0.25) is 5.95 Å². The summed E-state index contributed by atoms with van der Waals surface area (Å²) in [5.41, 5.74) is 0.842. The molecule has 0 saturated heterocycles. The molecule has 0 aliphatic heterocycles. The van der Waals surface area contributed by atoms with Gasteiger partial charge in [-0.15, -0.1) is 0 Å². The normalized spacial score (nSPS) is 9.65. The highest BCUT2D eigenvalue weighted by Crippen LogP contribution is 2.16. The van der Waals surface area contributed by atoms with Crippen molar-refractivity contribution in [3.8, 4) is 11.8 Å². The fourth-order valence-electron chi connectivity index (χ4n) is 1.27. The quantitative estimate of drug-likeness (QED) is 0.756. The Morgan fingerprint density at radius 2 is 2.24 bits per heavy atom. The topological polar surface area (TPSA) is 58.8 Å². The van der Waals surface area contributed by atoms with Crippen LogP contribution in [0.4, 0.5) is 4.39 Å². The molecule has 84 valence electrons. The molecule has 0 fully saturated rings. The lowest BCUT2D eigenvalue weighted by molar-refractivity contribution is 0.297. The molecular formula is C12H8FN3O. The fraction of sp³-hybridized carbons (Fsp3) is 0.0833. The summed E-state index contributed by atoms with van der Waals surface area (Å²) in [4.78, 5) is 7.50. The third kappa shape index (κ3) is 2.75. The molecule has 17 heavy (non-hydrogen) atoms. The molecule has 0 radical (unpaired) electrons. The van der Waals surface area contributed by atoms with E-state index in [9.17, 15) is 4.39 Å². The molecule has 0 N–H and O–H groups in total. The first-order valence-corrected chi connectivity index (χ1v) is 4.88. The molecule has 0 atom stereocenters. The number of nitriles is 1. The maximum absolute atomic E-state index is 12.8. The summed E-state index contributed by atoms with van der Waals surface area (Å²) in [6.45, 7) is 0.0954. The Morgan fingerprint density at radius 3 is 3.00 bits per heavy atom. The summed E-state index contributed by atoms with van der Waals surface area (Å²) in [7, 11) is 0. The Bertz CT molecular complexity index is 566. The molecule has 0 amide bonds. The van der Waals surface area contributed by atoms with Gasteiger partial charge in [-0.05, 0) is 18.2 Å². The number of nitrogens with zero attached hydrogens (tertiary/aromatic N) is 3.